The molecule has 0 N–H and O–H groups in total. The van der Waals surface area contributed by atoms with Crippen LogP contribution in [0, 0.1) is 11.6 Å². The summed E-state index contributed by atoms with van der Waals surface area (Å²) in [6.07, 6.45) is 3.35. The fourth-order valence-corrected chi connectivity index (χ4v) is 3.77. The highest BCUT2D eigenvalue weighted by molar-refractivity contribution is 7.98. The summed E-state index contributed by atoms with van der Waals surface area (Å²) in [6.45, 7) is 0. The van der Waals surface area contributed by atoms with Gasteiger partial charge in [-0.1, -0.05) is 29.4 Å². The van der Waals surface area contributed by atoms with E-state index in [0.717, 1.165) is 11.3 Å². The maximum atomic E-state index is 14.0. The third kappa shape index (κ3) is 3.76. The quantitative estimate of drug-likeness (QED) is 0.401. The van der Waals surface area contributed by atoms with Gasteiger partial charge in [0.25, 0.3) is 0 Å². The van der Waals surface area contributed by atoms with Crippen LogP contribution in [0.4, 0.5) is 8.78 Å². The van der Waals surface area contributed by atoms with E-state index in [4.69, 9.17) is 11.6 Å². The highest BCUT2D eigenvalue weighted by atomic mass is 35.5. The molecule has 2 aromatic heterocycles. The zero-order valence-corrected chi connectivity index (χ0v) is 16.0. The lowest BCUT2D eigenvalue weighted by atomic mass is 10.2. The van der Waals surface area contributed by atoms with Gasteiger partial charge < -0.3 is 0 Å². The van der Waals surface area contributed by atoms with Gasteiger partial charge in [0.05, 0.1) is 0 Å². The third-order valence-electron chi connectivity index (χ3n) is 4.05. The summed E-state index contributed by atoms with van der Waals surface area (Å²) in [5.74, 6) is -0.515. The highest BCUT2D eigenvalue weighted by Crippen LogP contribution is 2.31. The summed E-state index contributed by atoms with van der Waals surface area (Å²) in [5, 5.41) is 9.61. The largest absolute Gasteiger partial charge is 0.270 e. The predicted molar refractivity (Wildman–Crippen MR) is 106 cm³/mol. The van der Waals surface area contributed by atoms with Gasteiger partial charge in [-0.05, 0) is 48.5 Å². The van der Waals surface area contributed by atoms with Crippen molar-refractivity contribution in [2.24, 2.45) is 0 Å². The zero-order chi connectivity index (χ0) is 19.5. The Morgan fingerprint density at radius 3 is 2.36 bits per heavy atom. The lowest BCUT2D eigenvalue weighted by molar-refractivity contribution is 0.566. The minimum absolute atomic E-state index is 0.00100. The molecular weight excluding hydrogens is 402 g/mol. The van der Waals surface area contributed by atoms with Crippen molar-refractivity contribution in [3.8, 4) is 17.1 Å². The fourth-order valence-electron chi connectivity index (χ4n) is 2.68. The van der Waals surface area contributed by atoms with Gasteiger partial charge in [0.2, 0.25) is 0 Å². The second kappa shape index (κ2) is 8.08. The summed E-state index contributed by atoms with van der Waals surface area (Å²) in [7, 11) is 0. The second-order valence-corrected chi connectivity index (χ2v) is 7.23. The molecule has 4 aromatic rings. The van der Waals surface area contributed by atoms with Gasteiger partial charge in [-0.15, -0.1) is 10.2 Å². The average molecular weight is 415 g/mol. The van der Waals surface area contributed by atoms with Crippen molar-refractivity contribution in [2.75, 3.05) is 0 Å². The first-order valence-corrected chi connectivity index (χ1v) is 9.67. The van der Waals surface area contributed by atoms with E-state index < -0.39 is 11.6 Å². The van der Waals surface area contributed by atoms with E-state index in [1.807, 2.05) is 22.8 Å². The van der Waals surface area contributed by atoms with Gasteiger partial charge >= 0.3 is 0 Å². The molecule has 8 heteroatoms. The molecule has 2 aromatic carbocycles. The van der Waals surface area contributed by atoms with Crippen LogP contribution in [0.2, 0.25) is 5.02 Å². The molecule has 0 bridgehead atoms. The molecule has 0 atom stereocenters. The van der Waals surface area contributed by atoms with Crippen LogP contribution in [-0.2, 0) is 5.75 Å². The normalized spacial score (nSPS) is 11.0. The van der Waals surface area contributed by atoms with Crippen molar-refractivity contribution >= 4 is 23.4 Å². The molecule has 0 amide bonds. The van der Waals surface area contributed by atoms with Crippen molar-refractivity contribution in [3.63, 3.8) is 0 Å². The van der Waals surface area contributed by atoms with Crippen molar-refractivity contribution in [3.05, 3.63) is 89.2 Å². The lowest BCUT2D eigenvalue weighted by Gasteiger charge is -2.11. The van der Waals surface area contributed by atoms with E-state index in [2.05, 4.69) is 15.2 Å². The Labute approximate surface area is 169 Å². The number of hydrogen-bond acceptors (Lipinski definition) is 4. The molecule has 4 nitrogen and oxygen atoms in total. The predicted octanol–water partition coefficient (Wildman–Crippen LogP) is 5.55. The van der Waals surface area contributed by atoms with E-state index in [1.54, 1.807) is 30.6 Å². The molecule has 0 aliphatic heterocycles. The van der Waals surface area contributed by atoms with Gasteiger partial charge in [0.1, 0.15) is 11.6 Å². The van der Waals surface area contributed by atoms with Crippen LogP contribution in [-0.4, -0.2) is 19.7 Å². The van der Waals surface area contributed by atoms with Gasteiger partial charge in [0, 0.05) is 40.0 Å². The Balaban J connectivity index is 1.75. The van der Waals surface area contributed by atoms with E-state index >= 15 is 0 Å². The highest BCUT2D eigenvalue weighted by Gasteiger charge is 2.18. The standard InChI is InChI=1S/C20H13ClF2N4S/c21-14-6-8-15(9-7-14)27-19(13-3-2-10-24-11-13)25-26-20(27)28-12-16-17(22)4-1-5-18(16)23/h1-11H,12H2. The van der Waals surface area contributed by atoms with E-state index in [-0.39, 0.29) is 11.3 Å². The first-order valence-electron chi connectivity index (χ1n) is 8.31. The van der Waals surface area contributed by atoms with Crippen molar-refractivity contribution in [2.45, 2.75) is 10.9 Å². The first kappa shape index (κ1) is 18.6. The van der Waals surface area contributed by atoms with Crippen LogP contribution in [0.25, 0.3) is 17.1 Å². The smallest absolute Gasteiger partial charge is 0.196 e. The molecule has 2 heterocycles. The molecule has 0 saturated carbocycles. The number of aromatic nitrogens is 4. The van der Waals surface area contributed by atoms with Crippen LogP contribution < -0.4 is 0 Å². The average Bonchev–Trinajstić information content (AvgIpc) is 3.13. The lowest BCUT2D eigenvalue weighted by Crippen LogP contribution is -2.00. The molecule has 140 valence electrons. The minimum atomic E-state index is -0.586. The van der Waals surface area contributed by atoms with Crippen LogP contribution in [0.3, 0.4) is 0 Å². The molecule has 0 saturated heterocycles. The number of thioether (sulfide) groups is 1. The summed E-state index contributed by atoms with van der Waals surface area (Å²) < 4.78 is 29.8. The SMILES string of the molecule is Fc1cccc(F)c1CSc1nnc(-c2cccnc2)n1-c1ccc(Cl)cc1. The number of benzene rings is 2. The van der Waals surface area contributed by atoms with Crippen molar-refractivity contribution in [1.29, 1.82) is 0 Å². The molecule has 0 spiro atoms. The Morgan fingerprint density at radius 1 is 0.929 bits per heavy atom. The van der Waals surface area contributed by atoms with Crippen LogP contribution in [0.15, 0.2) is 72.1 Å². The molecular formula is C20H13ClF2N4S. The molecule has 0 radical (unpaired) electrons. The number of pyridine rings is 1. The van der Waals surface area contributed by atoms with Crippen molar-refractivity contribution < 1.29 is 8.78 Å². The van der Waals surface area contributed by atoms with Gasteiger partial charge in [-0.2, -0.15) is 0 Å². The number of halogens is 3. The summed E-state index contributed by atoms with van der Waals surface area (Å²) >= 11 is 7.21. The monoisotopic (exact) mass is 414 g/mol. The van der Waals surface area contributed by atoms with E-state index in [0.29, 0.717) is 16.0 Å². The number of hydrogen-bond donors (Lipinski definition) is 0. The topological polar surface area (TPSA) is 43.6 Å². The molecule has 28 heavy (non-hydrogen) atoms. The summed E-state index contributed by atoms with van der Waals surface area (Å²) in [4.78, 5) is 4.13. The first-order chi connectivity index (χ1) is 13.6. The second-order valence-electron chi connectivity index (χ2n) is 5.85. The summed E-state index contributed by atoms with van der Waals surface area (Å²) in [5.41, 5.74) is 1.56. The van der Waals surface area contributed by atoms with Crippen molar-refractivity contribution in [1.82, 2.24) is 19.7 Å². The van der Waals surface area contributed by atoms with Crippen LogP contribution in [0.1, 0.15) is 5.56 Å². The van der Waals surface area contributed by atoms with E-state index in [9.17, 15) is 8.78 Å². The van der Waals surface area contributed by atoms with Gasteiger partial charge in [-0.3, -0.25) is 9.55 Å². The molecule has 0 fully saturated rings. The van der Waals surface area contributed by atoms with Gasteiger partial charge in [-0.25, -0.2) is 8.78 Å². The maximum Gasteiger partial charge on any atom is 0.196 e. The molecule has 0 aliphatic carbocycles. The number of nitrogens with zero attached hydrogens (tertiary/aromatic N) is 4. The fraction of sp³-hybridized carbons (Fsp3) is 0.0500. The molecule has 0 unspecified atom stereocenters. The van der Waals surface area contributed by atoms with Crippen LogP contribution in [0.5, 0.6) is 0 Å². The Morgan fingerprint density at radius 2 is 1.68 bits per heavy atom. The minimum Gasteiger partial charge on any atom is -0.270 e. The Kier molecular flexibility index (Phi) is 5.36. The van der Waals surface area contributed by atoms with Gasteiger partial charge in [0.15, 0.2) is 11.0 Å². The molecule has 0 aliphatic rings. The third-order valence-corrected chi connectivity index (χ3v) is 5.25. The number of rotatable bonds is 5. The zero-order valence-electron chi connectivity index (χ0n) is 14.4. The molecule has 4 rings (SSSR count). The van der Waals surface area contributed by atoms with Crippen LogP contribution >= 0.6 is 23.4 Å². The Bertz CT molecular complexity index is 1080. The Hall–Kier alpha value is -2.77. The summed E-state index contributed by atoms with van der Waals surface area (Å²) in [6, 6.07) is 14.7. The maximum absolute atomic E-state index is 14.0. The van der Waals surface area contributed by atoms with E-state index in [1.165, 1.54) is 30.0 Å².